The zero-order chi connectivity index (χ0) is 43.7. The first-order chi connectivity index (χ1) is 29.6. The van der Waals surface area contributed by atoms with Gasteiger partial charge in [0.2, 0.25) is 0 Å². The maximum absolute atomic E-state index is 12.1. The molecule has 1 rings (SSSR count). The average molecular weight is 864 g/mol. The Labute approximate surface area is 377 Å². The summed E-state index contributed by atoms with van der Waals surface area (Å²) < 4.78 is 16.1. The highest BCUT2D eigenvalue weighted by molar-refractivity contribution is 7.78. The minimum atomic E-state index is -0.0929. The lowest BCUT2D eigenvalue weighted by atomic mass is 10.1. The predicted molar refractivity (Wildman–Crippen MR) is 261 cm³/mol. The molecule has 0 aromatic carbocycles. The fourth-order valence-corrected chi connectivity index (χ4v) is 7.46. The van der Waals surface area contributed by atoms with Crippen molar-refractivity contribution in [3.05, 3.63) is 24.3 Å². The molecule has 0 saturated carbocycles. The minimum absolute atomic E-state index is 0.0929. The van der Waals surface area contributed by atoms with E-state index in [-0.39, 0.29) is 11.9 Å². The molecule has 1 fully saturated rings. The van der Waals surface area contributed by atoms with Crippen molar-refractivity contribution in [2.75, 3.05) is 72.7 Å². The smallest absolute Gasteiger partial charge is 0.305 e. The quantitative estimate of drug-likeness (QED) is 0.0279. The summed E-state index contributed by atoms with van der Waals surface area (Å²) >= 11 is 5.15. The number of nitrogens with one attached hydrogen (secondary N) is 1. The molecule has 0 unspecified atom stereocenters. The van der Waals surface area contributed by atoms with Gasteiger partial charge in [-0.25, -0.2) is 0 Å². The summed E-state index contributed by atoms with van der Waals surface area (Å²) in [6, 6.07) is 0. The van der Waals surface area contributed by atoms with Gasteiger partial charge in [-0.3, -0.25) is 14.5 Å². The van der Waals surface area contributed by atoms with Gasteiger partial charge >= 0.3 is 11.9 Å². The van der Waals surface area contributed by atoms with E-state index < -0.39 is 0 Å². The van der Waals surface area contributed by atoms with E-state index in [2.05, 4.69) is 48.4 Å². The van der Waals surface area contributed by atoms with Gasteiger partial charge in [0.1, 0.15) is 0 Å². The minimum Gasteiger partial charge on any atom is -0.466 e. The number of unbranched alkanes of at least 4 members (excludes halogenated alkanes) is 22. The van der Waals surface area contributed by atoms with Gasteiger partial charge in [-0.2, -0.15) is 0 Å². The molecule has 1 N–H and O–H groups in total. The topological polar surface area (TPSA) is 80.3 Å². The van der Waals surface area contributed by atoms with Crippen molar-refractivity contribution in [1.29, 1.82) is 0 Å². The van der Waals surface area contributed by atoms with Crippen LogP contribution < -0.4 is 5.32 Å². The highest BCUT2D eigenvalue weighted by Crippen LogP contribution is 2.12. The lowest BCUT2D eigenvalue weighted by molar-refractivity contribution is -0.144. The molecule has 60 heavy (non-hydrogen) atoms. The van der Waals surface area contributed by atoms with Crippen LogP contribution in [-0.2, 0) is 23.8 Å². The summed E-state index contributed by atoms with van der Waals surface area (Å²) in [6.07, 6.45) is 45.8. The molecule has 0 spiro atoms. The highest BCUT2D eigenvalue weighted by atomic mass is 32.1. The Morgan fingerprint density at radius 3 is 1.33 bits per heavy atom. The normalized spacial score (nSPS) is 13.1. The van der Waals surface area contributed by atoms with Crippen LogP contribution in [0.5, 0.6) is 0 Å². The van der Waals surface area contributed by atoms with Gasteiger partial charge in [0.05, 0.1) is 31.9 Å². The van der Waals surface area contributed by atoms with Crippen molar-refractivity contribution in [3.63, 3.8) is 0 Å². The predicted octanol–water partition coefficient (Wildman–Crippen LogP) is 13.1. The van der Waals surface area contributed by atoms with Crippen molar-refractivity contribution in [2.24, 2.45) is 0 Å². The van der Waals surface area contributed by atoms with E-state index in [4.69, 9.17) is 26.4 Å². The molecule has 1 aliphatic rings. The number of nitrogens with zero attached hydrogens (tertiary/aromatic N) is 2. The van der Waals surface area contributed by atoms with Crippen LogP contribution in [0.15, 0.2) is 24.3 Å². The zero-order valence-electron chi connectivity index (χ0n) is 39.7. The van der Waals surface area contributed by atoms with Crippen molar-refractivity contribution < 1.29 is 23.8 Å². The molecule has 1 aliphatic heterocycles. The van der Waals surface area contributed by atoms with Crippen LogP contribution in [0.4, 0.5) is 0 Å². The van der Waals surface area contributed by atoms with E-state index in [1.807, 2.05) is 11.9 Å². The van der Waals surface area contributed by atoms with Gasteiger partial charge < -0.3 is 24.4 Å². The van der Waals surface area contributed by atoms with Gasteiger partial charge in [-0.1, -0.05) is 153 Å². The number of hydrogen-bond donors (Lipinski definition) is 1. The largest absolute Gasteiger partial charge is 0.466 e. The number of esters is 2. The first-order valence-electron chi connectivity index (χ1n) is 25.3. The van der Waals surface area contributed by atoms with E-state index in [9.17, 15) is 9.59 Å². The molecule has 8 nitrogen and oxygen atoms in total. The van der Waals surface area contributed by atoms with Gasteiger partial charge in [0.15, 0.2) is 0 Å². The van der Waals surface area contributed by atoms with Gasteiger partial charge in [-0.05, 0) is 104 Å². The first kappa shape index (κ1) is 58.2. The molecule has 0 aromatic heterocycles. The third kappa shape index (κ3) is 45.7. The summed E-state index contributed by atoms with van der Waals surface area (Å²) in [6.45, 7) is 13.3. The van der Waals surface area contributed by atoms with Crippen LogP contribution in [0.1, 0.15) is 213 Å². The molecule has 0 bridgehead atoms. The number of ether oxygens (including phenoxy) is 3. The van der Waals surface area contributed by atoms with Crippen LogP contribution in [0.25, 0.3) is 0 Å². The maximum atomic E-state index is 12.1. The number of rotatable bonds is 43. The molecular weight excluding hydrogens is 767 g/mol. The third-order valence-corrected chi connectivity index (χ3v) is 11.4. The first-order valence-corrected chi connectivity index (χ1v) is 25.8. The summed E-state index contributed by atoms with van der Waals surface area (Å²) in [7, 11) is 2.00. The second kappa shape index (κ2) is 49.8. The number of carbonyl (C=O) groups excluding carboxylic acids is 2. The average Bonchev–Trinajstić information content (AvgIpc) is 3.26. The second-order valence-corrected chi connectivity index (χ2v) is 17.1. The second-order valence-electron chi connectivity index (χ2n) is 16.9. The zero-order valence-corrected chi connectivity index (χ0v) is 40.5. The molecule has 9 heteroatoms. The van der Waals surface area contributed by atoms with Crippen LogP contribution in [0, 0.1) is 0 Å². The van der Waals surface area contributed by atoms with Crippen LogP contribution in [-0.4, -0.2) is 100.0 Å². The molecule has 0 aromatic rings. The fourth-order valence-electron chi connectivity index (χ4n) is 7.25. The highest BCUT2D eigenvalue weighted by Gasteiger charge is 2.09. The number of morpholine rings is 1. The van der Waals surface area contributed by atoms with Crippen molar-refractivity contribution in [1.82, 2.24) is 15.1 Å². The molecule has 0 atom stereocenters. The van der Waals surface area contributed by atoms with Crippen LogP contribution in [0.2, 0.25) is 0 Å². The summed E-state index contributed by atoms with van der Waals surface area (Å²) in [5, 5.41) is 3.15. The summed E-state index contributed by atoms with van der Waals surface area (Å²) in [4.78, 5) is 28.6. The SMILES string of the molecule is CCCCCCCC/C=C\CCCCCCCC(=O)OCCCN(C=S)CCCOC(=O)CCCCCCC/C=C\CCCCCCCC.CNCCCN1CCOCC1. The van der Waals surface area contributed by atoms with E-state index in [0.717, 1.165) is 84.5 Å². The molecule has 1 saturated heterocycles. The Bertz CT molecular complexity index is 914. The molecule has 1 heterocycles. The Morgan fingerprint density at radius 2 is 0.950 bits per heavy atom. The maximum Gasteiger partial charge on any atom is 0.305 e. The molecule has 0 aliphatic carbocycles. The molecule has 0 amide bonds. The lowest BCUT2D eigenvalue weighted by Gasteiger charge is -2.26. The molecular formula is C51H97N3O5S. The Kier molecular flexibility index (Phi) is 48.3. The standard InChI is InChI=1S/C43H79NO4S.C8H18N2O/c1-3-5-7-9-11-13-15-17-19-21-23-25-27-29-31-35-42(45)47-39-33-37-44(41-49)38-34-40-48-43(46)36-32-30-28-26-24-22-20-18-16-14-12-10-8-6-4-2;1-9-3-2-4-10-5-7-11-8-6-10/h17-20,41H,3-16,21-40H2,1-2H3;9H,2-8H2,1H3/b19-17-,20-18-;. The van der Waals surface area contributed by atoms with Crippen LogP contribution in [0.3, 0.4) is 0 Å². The van der Waals surface area contributed by atoms with Crippen molar-refractivity contribution in [3.8, 4) is 0 Å². The third-order valence-electron chi connectivity index (χ3n) is 11.1. The van der Waals surface area contributed by atoms with Gasteiger partial charge in [0, 0.05) is 39.0 Å². The number of allylic oxidation sites excluding steroid dienone is 4. The van der Waals surface area contributed by atoms with Crippen molar-refractivity contribution >= 4 is 29.6 Å². The summed E-state index contributed by atoms with van der Waals surface area (Å²) in [5.74, 6) is -0.186. The Hall–Kier alpha value is -1.81. The van der Waals surface area contributed by atoms with E-state index >= 15 is 0 Å². The monoisotopic (exact) mass is 864 g/mol. The number of hydrogen-bond acceptors (Lipinski definition) is 8. The van der Waals surface area contributed by atoms with E-state index in [1.165, 1.54) is 154 Å². The van der Waals surface area contributed by atoms with Crippen LogP contribution >= 0.6 is 12.2 Å². The summed E-state index contributed by atoms with van der Waals surface area (Å²) in [5.41, 5.74) is 1.65. The lowest BCUT2D eigenvalue weighted by Crippen LogP contribution is -2.37. The van der Waals surface area contributed by atoms with E-state index in [1.54, 1.807) is 5.49 Å². The van der Waals surface area contributed by atoms with Crippen molar-refractivity contribution in [2.45, 2.75) is 213 Å². The Morgan fingerprint density at radius 1 is 0.567 bits per heavy atom. The van der Waals surface area contributed by atoms with Gasteiger partial charge in [0.25, 0.3) is 0 Å². The number of carbonyl (C=O) groups is 2. The fraction of sp³-hybridized carbons (Fsp3) is 0.863. The molecule has 0 radical (unpaired) electrons. The van der Waals surface area contributed by atoms with E-state index in [0.29, 0.717) is 26.1 Å². The number of thiocarbonyl (C=S) groups is 1. The molecule has 352 valence electrons. The van der Waals surface area contributed by atoms with Gasteiger partial charge in [-0.15, -0.1) is 0 Å². The Balaban J connectivity index is 0.00000271.